The molecule has 0 N–H and O–H groups in total. The lowest BCUT2D eigenvalue weighted by Gasteiger charge is -2.18. The summed E-state index contributed by atoms with van der Waals surface area (Å²) < 4.78 is 16.8. The molecule has 0 spiro atoms. The van der Waals surface area contributed by atoms with Crippen LogP contribution in [0.3, 0.4) is 0 Å². The molecule has 0 aliphatic carbocycles. The van der Waals surface area contributed by atoms with Gasteiger partial charge in [0, 0.05) is 19.3 Å². The van der Waals surface area contributed by atoms with Crippen LogP contribution in [0.2, 0.25) is 0 Å². The van der Waals surface area contributed by atoms with Gasteiger partial charge in [-0.05, 0) is 64.2 Å². The van der Waals surface area contributed by atoms with Crippen molar-refractivity contribution in [3.05, 3.63) is 72.9 Å². The highest BCUT2D eigenvalue weighted by Crippen LogP contribution is 2.15. The monoisotopic (exact) mass is 921 g/mol. The van der Waals surface area contributed by atoms with Crippen LogP contribution in [0, 0.1) is 0 Å². The van der Waals surface area contributed by atoms with Crippen molar-refractivity contribution in [1.82, 2.24) is 0 Å². The third-order valence-corrected chi connectivity index (χ3v) is 12.0. The Balaban J connectivity index is 4.44. The second-order valence-corrected chi connectivity index (χ2v) is 18.6. The van der Waals surface area contributed by atoms with E-state index in [0.717, 1.165) is 96.3 Å². The smallest absolute Gasteiger partial charge is 0.306 e. The number of hydrogen-bond donors (Lipinski definition) is 0. The number of rotatable bonds is 50. The second-order valence-electron chi connectivity index (χ2n) is 18.6. The van der Waals surface area contributed by atoms with Crippen LogP contribution in [-0.2, 0) is 28.6 Å². The zero-order valence-electron chi connectivity index (χ0n) is 43.4. The number of esters is 3. The van der Waals surface area contributed by atoms with Crippen LogP contribution < -0.4 is 0 Å². The summed E-state index contributed by atoms with van der Waals surface area (Å²) in [7, 11) is 0. The van der Waals surface area contributed by atoms with E-state index in [4.69, 9.17) is 14.2 Å². The summed E-state index contributed by atoms with van der Waals surface area (Å²) >= 11 is 0. The minimum Gasteiger partial charge on any atom is -0.462 e. The van der Waals surface area contributed by atoms with Gasteiger partial charge in [-0.1, -0.05) is 261 Å². The zero-order chi connectivity index (χ0) is 47.9. The molecule has 380 valence electrons. The van der Waals surface area contributed by atoms with Gasteiger partial charge in [0.05, 0.1) is 0 Å². The lowest BCUT2D eigenvalue weighted by atomic mass is 10.0. The molecular weight excluding hydrogens is 817 g/mol. The van der Waals surface area contributed by atoms with Crippen LogP contribution in [-0.4, -0.2) is 37.2 Å². The van der Waals surface area contributed by atoms with Crippen LogP contribution in [0.5, 0.6) is 0 Å². The van der Waals surface area contributed by atoms with Gasteiger partial charge in [0.25, 0.3) is 0 Å². The molecule has 0 fully saturated rings. The Bertz CT molecular complexity index is 1240. The standard InChI is InChI=1S/C60H104O6/c1-4-7-10-13-16-19-22-25-28-30-31-33-35-38-41-44-47-50-53-59(62)65-56-57(55-64-58(61)52-49-46-43-40-37-34-27-24-21-18-15-12-9-6-3)66-60(63)54-51-48-45-42-39-36-32-29-26-23-20-17-14-11-8-5-2/h10,13,16,19,22,25,28-33,57H,4-9,11-12,14-15,17-18,20-21,23-24,26-27,34-56H2,1-3H3/b13-10-,19-16-,25-22-,30-28-,32-29-,33-31-. The molecule has 0 amide bonds. The lowest BCUT2D eigenvalue weighted by molar-refractivity contribution is -0.167. The van der Waals surface area contributed by atoms with Crippen molar-refractivity contribution in [1.29, 1.82) is 0 Å². The number of ether oxygens (including phenoxy) is 3. The average Bonchev–Trinajstić information content (AvgIpc) is 3.31. The van der Waals surface area contributed by atoms with Gasteiger partial charge in [-0.25, -0.2) is 0 Å². The molecule has 0 bridgehead atoms. The second kappa shape index (κ2) is 54.5. The van der Waals surface area contributed by atoms with Crippen LogP contribution in [0.4, 0.5) is 0 Å². The summed E-state index contributed by atoms with van der Waals surface area (Å²) in [6.07, 6.45) is 68.8. The first-order valence-corrected chi connectivity index (χ1v) is 28.0. The molecule has 0 radical (unpaired) electrons. The van der Waals surface area contributed by atoms with Gasteiger partial charge in [-0.3, -0.25) is 14.4 Å². The Morgan fingerprint density at radius 1 is 0.303 bits per heavy atom. The number of allylic oxidation sites excluding steroid dienone is 12. The van der Waals surface area contributed by atoms with Crippen LogP contribution in [0.1, 0.15) is 271 Å². The molecule has 0 heterocycles. The topological polar surface area (TPSA) is 78.9 Å². The maximum absolute atomic E-state index is 12.8. The summed E-state index contributed by atoms with van der Waals surface area (Å²) in [5.74, 6) is -0.911. The van der Waals surface area contributed by atoms with E-state index in [2.05, 4.69) is 69.4 Å². The van der Waals surface area contributed by atoms with Crippen molar-refractivity contribution in [3.8, 4) is 0 Å². The summed E-state index contributed by atoms with van der Waals surface area (Å²) in [6.45, 7) is 6.54. The largest absolute Gasteiger partial charge is 0.462 e. The third kappa shape index (κ3) is 51.8. The molecule has 6 nitrogen and oxygen atoms in total. The molecule has 0 rings (SSSR count). The van der Waals surface area contributed by atoms with Gasteiger partial charge in [0.15, 0.2) is 6.10 Å². The van der Waals surface area contributed by atoms with Gasteiger partial charge < -0.3 is 14.2 Å². The minimum atomic E-state index is -0.789. The molecule has 1 atom stereocenters. The molecule has 0 aliphatic heterocycles. The van der Waals surface area contributed by atoms with E-state index in [0.29, 0.717) is 19.3 Å². The molecule has 66 heavy (non-hydrogen) atoms. The van der Waals surface area contributed by atoms with Gasteiger partial charge in [-0.15, -0.1) is 0 Å². The van der Waals surface area contributed by atoms with E-state index in [1.54, 1.807) is 0 Å². The highest BCUT2D eigenvalue weighted by molar-refractivity contribution is 5.71. The Hall–Kier alpha value is -3.15. The van der Waals surface area contributed by atoms with Crippen molar-refractivity contribution in [2.24, 2.45) is 0 Å². The van der Waals surface area contributed by atoms with Gasteiger partial charge >= 0.3 is 17.9 Å². The van der Waals surface area contributed by atoms with Crippen molar-refractivity contribution in [2.45, 2.75) is 277 Å². The van der Waals surface area contributed by atoms with E-state index in [1.165, 1.54) is 135 Å². The van der Waals surface area contributed by atoms with Gasteiger partial charge in [0.1, 0.15) is 13.2 Å². The maximum atomic E-state index is 12.8. The number of hydrogen-bond acceptors (Lipinski definition) is 6. The van der Waals surface area contributed by atoms with Gasteiger partial charge in [-0.2, -0.15) is 0 Å². The first-order valence-electron chi connectivity index (χ1n) is 28.0. The van der Waals surface area contributed by atoms with Crippen molar-refractivity contribution >= 4 is 17.9 Å². The van der Waals surface area contributed by atoms with E-state index >= 15 is 0 Å². The van der Waals surface area contributed by atoms with Crippen molar-refractivity contribution in [3.63, 3.8) is 0 Å². The Labute approximate surface area is 408 Å². The predicted molar refractivity (Wildman–Crippen MR) is 284 cm³/mol. The Morgan fingerprint density at radius 3 is 0.955 bits per heavy atom. The molecule has 0 aliphatic rings. The first-order chi connectivity index (χ1) is 32.5. The maximum Gasteiger partial charge on any atom is 0.306 e. The fourth-order valence-electron chi connectivity index (χ4n) is 7.82. The fraction of sp³-hybridized carbons (Fsp3) is 0.750. The number of unbranched alkanes of at least 4 members (excludes halogenated alkanes) is 31. The van der Waals surface area contributed by atoms with Crippen LogP contribution in [0.25, 0.3) is 0 Å². The zero-order valence-corrected chi connectivity index (χ0v) is 43.4. The summed E-state index contributed by atoms with van der Waals surface area (Å²) in [5, 5.41) is 0. The van der Waals surface area contributed by atoms with Gasteiger partial charge in [0.2, 0.25) is 0 Å². The van der Waals surface area contributed by atoms with Crippen LogP contribution in [0.15, 0.2) is 72.9 Å². The average molecular weight is 921 g/mol. The molecule has 0 saturated heterocycles. The molecule has 6 heteroatoms. The highest BCUT2D eigenvalue weighted by Gasteiger charge is 2.19. The van der Waals surface area contributed by atoms with E-state index < -0.39 is 6.10 Å². The molecule has 0 aromatic heterocycles. The fourth-order valence-corrected chi connectivity index (χ4v) is 7.82. The third-order valence-electron chi connectivity index (χ3n) is 12.0. The number of carbonyl (C=O) groups excluding carboxylic acids is 3. The molecule has 1 unspecified atom stereocenters. The van der Waals surface area contributed by atoms with Crippen LogP contribution >= 0.6 is 0 Å². The minimum absolute atomic E-state index is 0.0851. The molecule has 0 saturated carbocycles. The Morgan fingerprint density at radius 2 is 0.591 bits per heavy atom. The molecular formula is C60H104O6. The predicted octanol–water partition coefficient (Wildman–Crippen LogP) is 18.6. The summed E-state index contributed by atoms with van der Waals surface area (Å²) in [4.78, 5) is 38.1. The highest BCUT2D eigenvalue weighted by atomic mass is 16.6. The molecule has 0 aromatic carbocycles. The Kier molecular flexibility index (Phi) is 51.9. The normalized spacial score (nSPS) is 12.6. The summed E-state index contributed by atoms with van der Waals surface area (Å²) in [6, 6.07) is 0. The summed E-state index contributed by atoms with van der Waals surface area (Å²) in [5.41, 5.74) is 0. The van der Waals surface area contributed by atoms with E-state index in [9.17, 15) is 14.4 Å². The lowest BCUT2D eigenvalue weighted by Crippen LogP contribution is -2.30. The van der Waals surface area contributed by atoms with E-state index in [-0.39, 0.29) is 31.1 Å². The van der Waals surface area contributed by atoms with Crippen molar-refractivity contribution < 1.29 is 28.6 Å². The number of carbonyl (C=O) groups is 3. The SMILES string of the molecule is CCC\C=C/C=C\C=C/C=C\C=C/CCCCCCCC(=O)OCC(COC(=O)CCCCCCCCCCCCCCCC)OC(=O)CCCCCCC/C=C\CCCCCCCCC. The molecule has 0 aromatic rings. The van der Waals surface area contributed by atoms with Crippen molar-refractivity contribution in [2.75, 3.05) is 13.2 Å². The van der Waals surface area contributed by atoms with E-state index in [1.807, 2.05) is 24.3 Å². The quantitative estimate of drug-likeness (QED) is 0.0199. The first kappa shape index (κ1) is 62.8.